The highest BCUT2D eigenvalue weighted by molar-refractivity contribution is 14.1. The highest BCUT2D eigenvalue weighted by atomic mass is 127. The number of halogens is 1. The summed E-state index contributed by atoms with van der Waals surface area (Å²) in [5.74, 6) is 0.650. The first-order valence-corrected chi connectivity index (χ1v) is 8.29. The first kappa shape index (κ1) is 17.6. The Morgan fingerprint density at radius 1 is 1.26 bits per heavy atom. The Hall–Kier alpha value is -1.80. The molecule has 0 unspecified atom stereocenters. The van der Waals surface area contributed by atoms with Crippen molar-refractivity contribution in [3.63, 3.8) is 0 Å². The number of nitrogens with one attached hydrogen (secondary N) is 1. The molecule has 3 N–H and O–H groups in total. The lowest BCUT2D eigenvalue weighted by Crippen LogP contribution is -2.38. The molecule has 2 aromatic rings. The monoisotopic (exact) mass is 427 g/mol. The third-order valence-corrected chi connectivity index (χ3v) is 4.09. The fourth-order valence-corrected chi connectivity index (χ4v) is 2.81. The molecule has 0 saturated heterocycles. The molecular weight excluding hydrogens is 409 g/mol. The summed E-state index contributed by atoms with van der Waals surface area (Å²) in [5, 5.41) is 21.4. The molecule has 0 aliphatic carbocycles. The zero-order valence-corrected chi connectivity index (χ0v) is 14.8. The van der Waals surface area contributed by atoms with Crippen LogP contribution >= 0.6 is 22.6 Å². The van der Waals surface area contributed by atoms with E-state index in [0.717, 1.165) is 9.13 Å². The summed E-state index contributed by atoms with van der Waals surface area (Å²) in [7, 11) is 0. The van der Waals surface area contributed by atoms with Gasteiger partial charge in [-0.3, -0.25) is 4.79 Å². The van der Waals surface area contributed by atoms with Crippen molar-refractivity contribution in [2.24, 2.45) is 0 Å². The summed E-state index contributed by atoms with van der Waals surface area (Å²) in [4.78, 5) is 11.2. The number of aliphatic carboxylic acids is 1. The molecule has 0 saturated carbocycles. The SMILES string of the molecule is CCN[C@@H](Cc1ccc(Oc2ccc(O)cc2)c(I)c1)C(=O)O. The van der Waals surface area contributed by atoms with Crippen molar-refractivity contribution in [2.75, 3.05) is 6.54 Å². The van der Waals surface area contributed by atoms with Crippen LogP contribution in [0, 0.1) is 3.57 Å². The minimum atomic E-state index is -0.855. The number of likely N-dealkylation sites (N-methyl/N-ethyl adjacent to an activating group) is 1. The van der Waals surface area contributed by atoms with E-state index in [2.05, 4.69) is 27.9 Å². The van der Waals surface area contributed by atoms with Crippen LogP contribution in [0.2, 0.25) is 0 Å². The van der Waals surface area contributed by atoms with Gasteiger partial charge in [-0.1, -0.05) is 13.0 Å². The first-order chi connectivity index (χ1) is 11.0. The number of phenolic OH excluding ortho intramolecular Hbond substituents is 1. The number of phenols is 1. The van der Waals surface area contributed by atoms with Crippen molar-refractivity contribution in [3.05, 3.63) is 51.6 Å². The van der Waals surface area contributed by atoms with Crippen molar-refractivity contribution in [2.45, 2.75) is 19.4 Å². The summed E-state index contributed by atoms with van der Waals surface area (Å²) in [6.45, 7) is 2.49. The third-order valence-electron chi connectivity index (χ3n) is 3.25. The van der Waals surface area contributed by atoms with Crippen LogP contribution in [-0.4, -0.2) is 28.8 Å². The van der Waals surface area contributed by atoms with Crippen LogP contribution in [0.4, 0.5) is 0 Å². The molecule has 0 bridgehead atoms. The molecule has 122 valence electrons. The molecule has 0 aliphatic heterocycles. The number of benzene rings is 2. The van der Waals surface area contributed by atoms with Crippen molar-refractivity contribution in [1.82, 2.24) is 5.32 Å². The van der Waals surface area contributed by atoms with Gasteiger partial charge in [-0.15, -0.1) is 0 Å². The van der Waals surface area contributed by atoms with E-state index >= 15 is 0 Å². The molecule has 2 rings (SSSR count). The fourth-order valence-electron chi connectivity index (χ4n) is 2.12. The maximum absolute atomic E-state index is 11.2. The number of ether oxygens (including phenoxy) is 1. The van der Waals surface area contributed by atoms with Crippen LogP contribution in [0.3, 0.4) is 0 Å². The van der Waals surface area contributed by atoms with E-state index in [1.807, 2.05) is 25.1 Å². The second-order valence-corrected chi connectivity index (χ2v) is 6.18. The van der Waals surface area contributed by atoms with Gasteiger partial charge in [-0.2, -0.15) is 0 Å². The van der Waals surface area contributed by atoms with E-state index in [1.165, 1.54) is 0 Å². The number of carboxylic acids is 1. The Kier molecular flexibility index (Phi) is 6.23. The van der Waals surface area contributed by atoms with Crippen LogP contribution in [0.1, 0.15) is 12.5 Å². The molecule has 0 amide bonds. The maximum Gasteiger partial charge on any atom is 0.321 e. The van der Waals surface area contributed by atoms with Gasteiger partial charge in [-0.25, -0.2) is 0 Å². The second kappa shape index (κ2) is 8.16. The number of aromatic hydroxyl groups is 1. The van der Waals surface area contributed by atoms with Gasteiger partial charge in [0.25, 0.3) is 0 Å². The predicted molar refractivity (Wildman–Crippen MR) is 96.1 cm³/mol. The summed E-state index contributed by atoms with van der Waals surface area (Å²) >= 11 is 2.16. The molecule has 0 aliphatic rings. The molecule has 2 aromatic carbocycles. The lowest BCUT2D eigenvalue weighted by molar-refractivity contribution is -0.139. The van der Waals surface area contributed by atoms with E-state index in [-0.39, 0.29) is 5.75 Å². The number of hydrogen-bond acceptors (Lipinski definition) is 4. The van der Waals surface area contributed by atoms with E-state index < -0.39 is 12.0 Å². The normalized spacial score (nSPS) is 11.9. The Balaban J connectivity index is 2.10. The Bertz CT molecular complexity index is 673. The van der Waals surface area contributed by atoms with Gasteiger partial charge in [0.05, 0.1) is 3.57 Å². The Labute approximate surface area is 148 Å². The number of carbonyl (C=O) groups is 1. The standard InChI is InChI=1S/C17H18INO4/c1-2-19-15(17(21)22)10-11-3-8-16(14(18)9-11)23-13-6-4-12(20)5-7-13/h3-9,15,19-20H,2,10H2,1H3,(H,21,22)/t15-/m0/s1. The lowest BCUT2D eigenvalue weighted by atomic mass is 10.1. The first-order valence-electron chi connectivity index (χ1n) is 7.21. The van der Waals surface area contributed by atoms with Gasteiger partial charge < -0.3 is 20.3 Å². The van der Waals surface area contributed by atoms with Gasteiger partial charge in [-0.05, 0) is 77.5 Å². The molecule has 1 atom stereocenters. The molecular formula is C17H18INO4. The van der Waals surface area contributed by atoms with Gasteiger partial charge in [0.2, 0.25) is 0 Å². The predicted octanol–water partition coefficient (Wildman–Crippen LogP) is 3.39. The quantitative estimate of drug-likeness (QED) is 0.591. The van der Waals surface area contributed by atoms with Gasteiger partial charge in [0.15, 0.2) is 0 Å². The smallest absolute Gasteiger partial charge is 0.321 e. The van der Waals surface area contributed by atoms with Crippen molar-refractivity contribution in [3.8, 4) is 17.2 Å². The topological polar surface area (TPSA) is 78.8 Å². The van der Waals surface area contributed by atoms with E-state index in [0.29, 0.717) is 24.5 Å². The zero-order valence-electron chi connectivity index (χ0n) is 12.6. The number of carboxylic acid groups (broad SMARTS) is 1. The molecule has 0 heterocycles. The summed E-state index contributed by atoms with van der Waals surface area (Å²) in [5.41, 5.74) is 0.931. The van der Waals surface area contributed by atoms with Crippen LogP contribution in [0.15, 0.2) is 42.5 Å². The van der Waals surface area contributed by atoms with Crippen LogP contribution in [-0.2, 0) is 11.2 Å². The van der Waals surface area contributed by atoms with Crippen molar-refractivity contribution < 1.29 is 19.7 Å². The average molecular weight is 427 g/mol. The van der Waals surface area contributed by atoms with Gasteiger partial charge in [0, 0.05) is 0 Å². The zero-order chi connectivity index (χ0) is 16.8. The van der Waals surface area contributed by atoms with Crippen LogP contribution in [0.25, 0.3) is 0 Å². The Morgan fingerprint density at radius 2 is 1.96 bits per heavy atom. The van der Waals surface area contributed by atoms with Crippen molar-refractivity contribution >= 4 is 28.6 Å². The maximum atomic E-state index is 11.2. The van der Waals surface area contributed by atoms with Crippen molar-refractivity contribution in [1.29, 1.82) is 0 Å². The molecule has 5 nitrogen and oxygen atoms in total. The van der Waals surface area contributed by atoms with E-state index in [1.54, 1.807) is 24.3 Å². The highest BCUT2D eigenvalue weighted by Gasteiger charge is 2.17. The molecule has 0 radical (unpaired) electrons. The minimum Gasteiger partial charge on any atom is -0.508 e. The summed E-state index contributed by atoms with van der Waals surface area (Å²) < 4.78 is 6.67. The largest absolute Gasteiger partial charge is 0.508 e. The third kappa shape index (κ3) is 5.11. The average Bonchev–Trinajstić information content (AvgIpc) is 2.51. The number of hydrogen-bond donors (Lipinski definition) is 3. The second-order valence-electron chi connectivity index (χ2n) is 5.01. The summed E-state index contributed by atoms with van der Waals surface area (Å²) in [6, 6.07) is 11.5. The number of rotatable bonds is 7. The molecule has 23 heavy (non-hydrogen) atoms. The lowest BCUT2D eigenvalue weighted by Gasteiger charge is -2.14. The fraction of sp³-hybridized carbons (Fsp3) is 0.235. The van der Waals surface area contributed by atoms with E-state index in [4.69, 9.17) is 4.74 Å². The van der Waals surface area contributed by atoms with Crippen LogP contribution in [0.5, 0.6) is 17.2 Å². The summed E-state index contributed by atoms with van der Waals surface area (Å²) in [6.07, 6.45) is 0.415. The minimum absolute atomic E-state index is 0.186. The molecule has 6 heteroatoms. The van der Waals surface area contributed by atoms with Gasteiger partial charge in [0.1, 0.15) is 23.3 Å². The molecule has 0 fully saturated rings. The van der Waals surface area contributed by atoms with Gasteiger partial charge >= 0.3 is 5.97 Å². The molecule has 0 spiro atoms. The van der Waals surface area contributed by atoms with Crippen LogP contribution < -0.4 is 10.1 Å². The molecule has 0 aromatic heterocycles. The van der Waals surface area contributed by atoms with E-state index in [9.17, 15) is 15.0 Å². The Morgan fingerprint density at radius 3 is 2.52 bits per heavy atom. The highest BCUT2D eigenvalue weighted by Crippen LogP contribution is 2.28.